The fourth-order valence-electron chi connectivity index (χ4n) is 2.60. The van der Waals surface area contributed by atoms with Crippen molar-refractivity contribution < 1.29 is 22.8 Å². The molecule has 2 amide bonds. The highest BCUT2D eigenvalue weighted by Gasteiger charge is 2.70. The van der Waals surface area contributed by atoms with E-state index in [0.717, 1.165) is 18.2 Å². The third-order valence-corrected chi connectivity index (χ3v) is 4.02. The molecule has 1 aromatic carbocycles. The number of rotatable bonds is 1. The lowest BCUT2D eigenvalue weighted by atomic mass is 9.92. The van der Waals surface area contributed by atoms with E-state index in [1.807, 2.05) is 0 Å². The molecule has 0 spiro atoms. The average Bonchev–Trinajstić information content (AvgIpc) is 2.99. The number of fused-ring (bicyclic) bond motifs is 1. The Hall–Kier alpha value is -1.56. The summed E-state index contributed by atoms with van der Waals surface area (Å²) in [5.74, 6) is -1.61. The second-order valence-corrected chi connectivity index (χ2v) is 5.15. The number of benzene rings is 1. The van der Waals surface area contributed by atoms with E-state index in [9.17, 15) is 22.8 Å². The second kappa shape index (κ2) is 3.50. The van der Waals surface area contributed by atoms with E-state index < -0.39 is 34.9 Å². The van der Waals surface area contributed by atoms with Crippen LogP contribution in [0.4, 0.5) is 13.2 Å². The number of amides is 2. The molecule has 3 rings (SSSR count). The Kier molecular flexibility index (Phi) is 2.30. The summed E-state index contributed by atoms with van der Waals surface area (Å²) in [7, 11) is 0. The van der Waals surface area contributed by atoms with Gasteiger partial charge in [-0.3, -0.25) is 14.9 Å². The lowest BCUT2D eigenvalue weighted by Gasteiger charge is -2.15. The van der Waals surface area contributed by atoms with Gasteiger partial charge in [0, 0.05) is 5.02 Å². The van der Waals surface area contributed by atoms with Crippen LogP contribution < -0.4 is 5.32 Å². The first kappa shape index (κ1) is 12.5. The minimum Gasteiger partial charge on any atom is -0.295 e. The Balaban J connectivity index is 2.12. The number of carbonyl (C=O) groups excluding carboxylic acids is 2. The fourth-order valence-corrected chi connectivity index (χ4v) is 2.89. The van der Waals surface area contributed by atoms with Crippen LogP contribution in [0.5, 0.6) is 0 Å². The van der Waals surface area contributed by atoms with E-state index in [1.54, 1.807) is 0 Å². The van der Waals surface area contributed by atoms with Gasteiger partial charge >= 0.3 is 6.18 Å². The molecular formula is C12H7ClF3NO2. The number of halogens is 4. The summed E-state index contributed by atoms with van der Waals surface area (Å²) in [6, 6.07) is 2.83. The zero-order valence-electron chi connectivity index (χ0n) is 9.34. The molecule has 2 fully saturated rings. The van der Waals surface area contributed by atoms with Gasteiger partial charge in [0.2, 0.25) is 11.8 Å². The summed E-state index contributed by atoms with van der Waals surface area (Å²) in [6.45, 7) is 0. The highest BCUT2D eigenvalue weighted by Crippen LogP contribution is 2.59. The molecule has 0 radical (unpaired) electrons. The maximum atomic E-state index is 12.7. The van der Waals surface area contributed by atoms with Gasteiger partial charge in [0.25, 0.3) is 0 Å². The molecule has 1 aliphatic heterocycles. The topological polar surface area (TPSA) is 46.2 Å². The Morgan fingerprint density at radius 2 is 2.00 bits per heavy atom. The zero-order chi connectivity index (χ0) is 14.0. The molecule has 7 heteroatoms. The molecule has 1 aromatic rings. The van der Waals surface area contributed by atoms with Gasteiger partial charge in [-0.25, -0.2) is 0 Å². The molecule has 100 valence electrons. The second-order valence-electron chi connectivity index (χ2n) is 4.74. The van der Waals surface area contributed by atoms with Gasteiger partial charge in [-0.1, -0.05) is 11.6 Å². The van der Waals surface area contributed by atoms with Crippen LogP contribution >= 0.6 is 11.6 Å². The lowest BCUT2D eigenvalue weighted by molar-refractivity contribution is -0.138. The SMILES string of the molecule is O=C1NC(=O)C2(c3cc(C(F)(F)F)ccc3Cl)CC12. The minimum absolute atomic E-state index is 0.0698. The maximum Gasteiger partial charge on any atom is 0.416 e. The van der Waals surface area contributed by atoms with Crippen molar-refractivity contribution in [2.24, 2.45) is 5.92 Å². The van der Waals surface area contributed by atoms with E-state index in [2.05, 4.69) is 5.32 Å². The lowest BCUT2D eigenvalue weighted by Crippen LogP contribution is -2.30. The first-order valence-corrected chi connectivity index (χ1v) is 5.87. The van der Waals surface area contributed by atoms with Crippen LogP contribution in [-0.2, 0) is 21.2 Å². The summed E-state index contributed by atoms with van der Waals surface area (Å²) >= 11 is 5.90. The number of hydrogen-bond acceptors (Lipinski definition) is 2. The predicted octanol–water partition coefficient (Wildman–Crippen LogP) is 2.27. The van der Waals surface area contributed by atoms with E-state index in [-0.39, 0.29) is 17.0 Å². The van der Waals surface area contributed by atoms with Gasteiger partial charge in [0.15, 0.2) is 0 Å². The highest BCUT2D eigenvalue weighted by molar-refractivity contribution is 6.32. The third kappa shape index (κ3) is 1.59. The number of hydrogen-bond donors (Lipinski definition) is 1. The molecule has 0 bridgehead atoms. The van der Waals surface area contributed by atoms with Crippen molar-refractivity contribution >= 4 is 23.4 Å². The molecule has 1 N–H and O–H groups in total. The smallest absolute Gasteiger partial charge is 0.295 e. The van der Waals surface area contributed by atoms with Gasteiger partial charge in [-0.2, -0.15) is 13.2 Å². The zero-order valence-corrected chi connectivity index (χ0v) is 10.1. The quantitative estimate of drug-likeness (QED) is 0.806. The van der Waals surface area contributed by atoms with Crippen molar-refractivity contribution in [2.45, 2.75) is 18.0 Å². The van der Waals surface area contributed by atoms with Crippen molar-refractivity contribution in [3.8, 4) is 0 Å². The Morgan fingerprint density at radius 1 is 1.32 bits per heavy atom. The van der Waals surface area contributed by atoms with Gasteiger partial charge < -0.3 is 0 Å². The number of nitrogens with one attached hydrogen (secondary N) is 1. The van der Waals surface area contributed by atoms with Crippen molar-refractivity contribution in [3.05, 3.63) is 34.3 Å². The van der Waals surface area contributed by atoms with Crippen molar-refractivity contribution in [1.82, 2.24) is 5.32 Å². The van der Waals surface area contributed by atoms with Crippen LogP contribution in [0, 0.1) is 5.92 Å². The molecule has 0 aromatic heterocycles. The molecule has 3 nitrogen and oxygen atoms in total. The standard InChI is InChI=1S/C12H7ClF3NO2/c13-8-2-1-5(12(14,15)16)3-6(8)11-4-7(11)9(18)17-10(11)19/h1-3,7H,4H2,(H,17,18,19). The van der Waals surface area contributed by atoms with Crippen LogP contribution in [-0.4, -0.2) is 11.8 Å². The van der Waals surface area contributed by atoms with E-state index in [4.69, 9.17) is 11.6 Å². The van der Waals surface area contributed by atoms with E-state index in [0.29, 0.717) is 0 Å². The molecule has 1 saturated heterocycles. The largest absolute Gasteiger partial charge is 0.416 e. The summed E-state index contributed by atoms with van der Waals surface area (Å²) in [4.78, 5) is 23.2. The Labute approximate surface area is 110 Å². The minimum atomic E-state index is -4.51. The van der Waals surface area contributed by atoms with Crippen molar-refractivity contribution in [3.63, 3.8) is 0 Å². The molecule has 1 saturated carbocycles. The summed E-state index contributed by atoms with van der Waals surface area (Å²) in [6.07, 6.45) is -4.29. The first-order valence-electron chi connectivity index (χ1n) is 5.49. The van der Waals surface area contributed by atoms with E-state index in [1.165, 1.54) is 0 Å². The van der Waals surface area contributed by atoms with Crippen molar-refractivity contribution in [1.29, 1.82) is 0 Å². The highest BCUT2D eigenvalue weighted by atomic mass is 35.5. The van der Waals surface area contributed by atoms with Crippen LogP contribution in [0.2, 0.25) is 5.02 Å². The van der Waals surface area contributed by atoms with Crippen LogP contribution in [0.25, 0.3) is 0 Å². The average molecular weight is 290 g/mol. The van der Waals surface area contributed by atoms with E-state index >= 15 is 0 Å². The summed E-state index contributed by atoms with van der Waals surface area (Å²) in [5, 5.41) is 2.19. The molecule has 1 aliphatic carbocycles. The third-order valence-electron chi connectivity index (χ3n) is 3.69. The fraction of sp³-hybridized carbons (Fsp3) is 0.333. The van der Waals surface area contributed by atoms with Gasteiger partial charge in [-0.15, -0.1) is 0 Å². The summed E-state index contributed by atoms with van der Waals surface area (Å²) < 4.78 is 38.1. The number of piperidine rings is 1. The molecule has 19 heavy (non-hydrogen) atoms. The normalized spacial score (nSPS) is 29.2. The van der Waals surface area contributed by atoms with Gasteiger partial charge in [0.05, 0.1) is 16.9 Å². The number of alkyl halides is 3. The molecular weight excluding hydrogens is 283 g/mol. The molecule has 2 aliphatic rings. The molecule has 2 unspecified atom stereocenters. The van der Waals surface area contributed by atoms with Crippen LogP contribution in [0.15, 0.2) is 18.2 Å². The maximum absolute atomic E-state index is 12.7. The Bertz CT molecular complexity index is 613. The first-order chi connectivity index (χ1) is 8.76. The van der Waals surface area contributed by atoms with Crippen LogP contribution in [0.3, 0.4) is 0 Å². The van der Waals surface area contributed by atoms with Crippen LogP contribution in [0.1, 0.15) is 17.5 Å². The predicted molar refractivity (Wildman–Crippen MR) is 59.4 cm³/mol. The summed E-state index contributed by atoms with van der Waals surface area (Å²) in [5.41, 5.74) is -1.99. The van der Waals surface area contributed by atoms with Gasteiger partial charge in [-0.05, 0) is 30.2 Å². The molecule has 1 heterocycles. The number of imide groups is 1. The monoisotopic (exact) mass is 289 g/mol. The number of carbonyl (C=O) groups is 2. The van der Waals surface area contributed by atoms with Crippen molar-refractivity contribution in [2.75, 3.05) is 0 Å². The Morgan fingerprint density at radius 3 is 2.47 bits per heavy atom. The molecule has 2 atom stereocenters. The van der Waals surface area contributed by atoms with Gasteiger partial charge in [0.1, 0.15) is 0 Å².